The van der Waals surface area contributed by atoms with Gasteiger partial charge in [-0.2, -0.15) is 0 Å². The van der Waals surface area contributed by atoms with Crippen molar-refractivity contribution >= 4 is 52.0 Å². The second-order valence-corrected chi connectivity index (χ2v) is 8.47. The molecule has 11 nitrogen and oxygen atoms in total. The standard InChI is InChI=1S/C23H26ClN7O4/c1-34-19(32)12-31(13-20(33)35-2)17-6-8-30(9-7-17)23-25-11-18-21(29-23)22(27-14-26-18)28-16-5-3-4-15(24)10-16/h3-5,10-11,14,17H,6-9,12-13H2,1-2H3,(H,26,27,28). The largest absolute Gasteiger partial charge is 0.468 e. The van der Waals surface area contributed by atoms with Crippen LogP contribution in [-0.4, -0.2) is 83.2 Å². The van der Waals surface area contributed by atoms with E-state index in [0.29, 0.717) is 53.8 Å². The summed E-state index contributed by atoms with van der Waals surface area (Å²) in [5.74, 6) is 0.327. The summed E-state index contributed by atoms with van der Waals surface area (Å²) < 4.78 is 9.58. The highest BCUT2D eigenvalue weighted by Crippen LogP contribution is 2.26. The Morgan fingerprint density at radius 2 is 1.83 bits per heavy atom. The van der Waals surface area contributed by atoms with Crippen molar-refractivity contribution in [2.75, 3.05) is 50.6 Å². The molecule has 1 aliphatic rings. The molecule has 2 aromatic heterocycles. The number of hydrogen-bond acceptors (Lipinski definition) is 11. The molecule has 0 atom stereocenters. The van der Waals surface area contributed by atoms with Gasteiger partial charge < -0.3 is 19.7 Å². The van der Waals surface area contributed by atoms with Crippen LogP contribution >= 0.6 is 11.6 Å². The average molecular weight is 500 g/mol. The Morgan fingerprint density at radius 3 is 2.49 bits per heavy atom. The molecule has 0 bridgehead atoms. The Kier molecular flexibility index (Phi) is 7.88. The molecule has 0 amide bonds. The van der Waals surface area contributed by atoms with Gasteiger partial charge in [-0.25, -0.2) is 19.9 Å². The fourth-order valence-electron chi connectivity index (χ4n) is 4.00. The van der Waals surface area contributed by atoms with E-state index in [-0.39, 0.29) is 19.1 Å². The number of methoxy groups -OCH3 is 2. The maximum atomic E-state index is 11.9. The van der Waals surface area contributed by atoms with Crippen LogP contribution in [0, 0.1) is 0 Å². The van der Waals surface area contributed by atoms with Crippen LogP contribution in [0.15, 0.2) is 36.8 Å². The first-order valence-electron chi connectivity index (χ1n) is 11.1. The molecule has 1 N–H and O–H groups in total. The van der Waals surface area contributed by atoms with Gasteiger partial charge in [-0.1, -0.05) is 17.7 Å². The highest BCUT2D eigenvalue weighted by molar-refractivity contribution is 6.30. The first kappa shape index (κ1) is 24.6. The number of hydrogen-bond donors (Lipinski definition) is 1. The maximum absolute atomic E-state index is 11.9. The molecule has 0 saturated carbocycles. The number of halogens is 1. The molecule has 35 heavy (non-hydrogen) atoms. The number of aromatic nitrogens is 4. The van der Waals surface area contributed by atoms with Crippen LogP contribution < -0.4 is 10.2 Å². The lowest BCUT2D eigenvalue weighted by atomic mass is 10.0. The van der Waals surface area contributed by atoms with Gasteiger partial charge in [-0.3, -0.25) is 14.5 Å². The highest BCUT2D eigenvalue weighted by atomic mass is 35.5. The molecule has 1 aromatic carbocycles. The number of carbonyl (C=O) groups is 2. The zero-order chi connectivity index (χ0) is 24.8. The van der Waals surface area contributed by atoms with Gasteiger partial charge in [0.05, 0.1) is 33.5 Å². The second kappa shape index (κ2) is 11.2. The van der Waals surface area contributed by atoms with Gasteiger partial charge in [0.1, 0.15) is 17.4 Å². The average Bonchev–Trinajstić information content (AvgIpc) is 2.88. The molecule has 0 aliphatic carbocycles. The summed E-state index contributed by atoms with van der Waals surface area (Å²) in [4.78, 5) is 45.5. The number of benzene rings is 1. The summed E-state index contributed by atoms with van der Waals surface area (Å²) in [5, 5.41) is 3.86. The topological polar surface area (TPSA) is 123 Å². The fourth-order valence-corrected chi connectivity index (χ4v) is 4.19. The molecule has 1 aliphatic heterocycles. The minimum atomic E-state index is -0.395. The number of esters is 2. The third-order valence-electron chi connectivity index (χ3n) is 5.84. The Balaban J connectivity index is 1.49. The van der Waals surface area contributed by atoms with E-state index >= 15 is 0 Å². The molecule has 1 fully saturated rings. The van der Waals surface area contributed by atoms with E-state index in [1.165, 1.54) is 20.5 Å². The van der Waals surface area contributed by atoms with Crippen molar-refractivity contribution in [1.29, 1.82) is 0 Å². The lowest BCUT2D eigenvalue weighted by Gasteiger charge is -2.37. The van der Waals surface area contributed by atoms with Gasteiger partial charge in [-0.15, -0.1) is 0 Å². The maximum Gasteiger partial charge on any atom is 0.319 e. The van der Waals surface area contributed by atoms with Gasteiger partial charge in [0.15, 0.2) is 5.82 Å². The molecule has 0 spiro atoms. The van der Waals surface area contributed by atoms with Crippen LogP contribution in [0.4, 0.5) is 17.5 Å². The molecule has 1 saturated heterocycles. The van der Waals surface area contributed by atoms with Crippen LogP contribution in [0.1, 0.15) is 12.8 Å². The van der Waals surface area contributed by atoms with E-state index in [0.717, 1.165) is 5.69 Å². The Labute approximate surface area is 207 Å². The van der Waals surface area contributed by atoms with E-state index in [2.05, 4.69) is 25.2 Å². The lowest BCUT2D eigenvalue weighted by Crippen LogP contribution is -2.49. The van der Waals surface area contributed by atoms with Gasteiger partial charge >= 0.3 is 11.9 Å². The number of anilines is 3. The Bertz CT molecular complexity index is 1190. The molecule has 0 radical (unpaired) electrons. The van der Waals surface area contributed by atoms with E-state index < -0.39 is 11.9 Å². The minimum Gasteiger partial charge on any atom is -0.468 e. The number of ether oxygens (including phenoxy) is 2. The summed E-state index contributed by atoms with van der Waals surface area (Å²) in [6.45, 7) is 1.36. The van der Waals surface area contributed by atoms with Crippen molar-refractivity contribution < 1.29 is 19.1 Å². The monoisotopic (exact) mass is 499 g/mol. The van der Waals surface area contributed by atoms with Crippen molar-refractivity contribution in [3.8, 4) is 0 Å². The molecule has 3 aromatic rings. The molecule has 4 rings (SSSR count). The van der Waals surface area contributed by atoms with Crippen molar-refractivity contribution in [3.63, 3.8) is 0 Å². The highest BCUT2D eigenvalue weighted by Gasteiger charge is 2.29. The first-order valence-corrected chi connectivity index (χ1v) is 11.5. The SMILES string of the molecule is COC(=O)CN(CC(=O)OC)C1CCN(c2ncc3ncnc(Nc4cccc(Cl)c4)c3n2)CC1. The van der Waals surface area contributed by atoms with Gasteiger partial charge in [0.25, 0.3) is 0 Å². The molecule has 184 valence electrons. The quantitative estimate of drug-likeness (QED) is 0.459. The number of nitrogens with zero attached hydrogens (tertiary/aromatic N) is 6. The van der Waals surface area contributed by atoms with Gasteiger partial charge in [0, 0.05) is 29.8 Å². The predicted molar refractivity (Wildman–Crippen MR) is 131 cm³/mol. The fraction of sp³-hybridized carbons (Fsp3) is 0.391. The minimum absolute atomic E-state index is 0.0216. The third kappa shape index (κ3) is 6.11. The van der Waals surface area contributed by atoms with E-state index in [4.69, 9.17) is 26.1 Å². The summed E-state index contributed by atoms with van der Waals surface area (Å²) >= 11 is 6.10. The Morgan fingerprint density at radius 1 is 1.11 bits per heavy atom. The van der Waals surface area contributed by atoms with Crippen molar-refractivity contribution in [1.82, 2.24) is 24.8 Å². The summed E-state index contributed by atoms with van der Waals surface area (Å²) in [6, 6.07) is 7.36. The van der Waals surface area contributed by atoms with Crippen LogP contribution in [-0.2, 0) is 19.1 Å². The zero-order valence-electron chi connectivity index (χ0n) is 19.5. The summed E-state index contributed by atoms with van der Waals surface area (Å²) in [7, 11) is 2.66. The van der Waals surface area contributed by atoms with Crippen molar-refractivity contribution in [2.24, 2.45) is 0 Å². The normalized spacial score (nSPS) is 14.2. The van der Waals surface area contributed by atoms with E-state index in [1.54, 1.807) is 23.2 Å². The van der Waals surface area contributed by atoms with Gasteiger partial charge in [0.2, 0.25) is 5.95 Å². The second-order valence-electron chi connectivity index (χ2n) is 8.04. The summed E-state index contributed by atoms with van der Waals surface area (Å²) in [5.41, 5.74) is 2.00. The third-order valence-corrected chi connectivity index (χ3v) is 6.07. The van der Waals surface area contributed by atoms with Crippen molar-refractivity contribution in [2.45, 2.75) is 18.9 Å². The summed E-state index contributed by atoms with van der Waals surface area (Å²) in [6.07, 6.45) is 4.57. The van der Waals surface area contributed by atoms with Crippen LogP contribution in [0.25, 0.3) is 11.0 Å². The van der Waals surface area contributed by atoms with Crippen LogP contribution in [0.5, 0.6) is 0 Å². The predicted octanol–water partition coefficient (Wildman–Crippen LogP) is 2.43. The van der Waals surface area contributed by atoms with E-state index in [9.17, 15) is 9.59 Å². The smallest absolute Gasteiger partial charge is 0.319 e. The number of rotatable bonds is 8. The molecule has 12 heteroatoms. The van der Waals surface area contributed by atoms with Crippen LogP contribution in [0.2, 0.25) is 5.02 Å². The molecular formula is C23H26ClN7O4. The lowest BCUT2D eigenvalue weighted by molar-refractivity contribution is -0.146. The Hall–Kier alpha value is -3.57. The van der Waals surface area contributed by atoms with Gasteiger partial charge in [-0.05, 0) is 31.0 Å². The number of nitrogens with one attached hydrogen (secondary N) is 1. The number of piperidine rings is 1. The number of fused-ring (bicyclic) bond motifs is 1. The molecular weight excluding hydrogens is 474 g/mol. The molecule has 3 heterocycles. The van der Waals surface area contributed by atoms with Crippen LogP contribution in [0.3, 0.4) is 0 Å². The number of carbonyl (C=O) groups excluding carboxylic acids is 2. The first-order chi connectivity index (χ1) is 17.0. The zero-order valence-corrected chi connectivity index (χ0v) is 20.2. The van der Waals surface area contributed by atoms with Crippen molar-refractivity contribution in [3.05, 3.63) is 41.8 Å². The molecule has 0 unspecified atom stereocenters. The van der Waals surface area contributed by atoms with E-state index in [1.807, 2.05) is 12.1 Å².